The third kappa shape index (κ3) is 1.79. The van der Waals surface area contributed by atoms with Gasteiger partial charge in [-0.1, -0.05) is 0 Å². The smallest absolute Gasteiger partial charge is 0.0491 e. The summed E-state index contributed by atoms with van der Waals surface area (Å²) in [6.45, 7) is 0.365. The summed E-state index contributed by atoms with van der Waals surface area (Å²) in [6.07, 6.45) is 4.99. The Balaban J connectivity index is 1.78. The van der Waals surface area contributed by atoms with Crippen LogP contribution in [0.2, 0.25) is 0 Å². The molecular weight excluding hydrogens is 272 g/mol. The van der Waals surface area contributed by atoms with Gasteiger partial charge in [-0.25, -0.2) is 0 Å². The summed E-state index contributed by atoms with van der Waals surface area (Å²) >= 11 is 5.39. The zero-order valence-electron chi connectivity index (χ0n) is 8.58. The van der Waals surface area contributed by atoms with Crippen molar-refractivity contribution in [2.24, 2.45) is 17.3 Å². The van der Waals surface area contributed by atoms with E-state index >= 15 is 0 Å². The van der Waals surface area contributed by atoms with Crippen molar-refractivity contribution >= 4 is 27.3 Å². The van der Waals surface area contributed by atoms with Crippen molar-refractivity contribution in [1.82, 2.24) is 0 Å². The molecule has 1 nitrogen and oxygen atoms in total. The molecule has 2 fully saturated rings. The molecule has 15 heavy (non-hydrogen) atoms. The molecule has 0 aliphatic heterocycles. The molecule has 0 aromatic carbocycles. The normalized spacial score (nSPS) is 38.0. The number of fused-ring (bicyclic) bond motifs is 1. The average Bonchev–Trinajstić information content (AvgIpc) is 2.66. The lowest BCUT2D eigenvalue weighted by atomic mass is 9.80. The van der Waals surface area contributed by atoms with Gasteiger partial charge in [-0.05, 0) is 70.3 Å². The number of rotatable bonds is 3. The van der Waals surface area contributed by atoms with E-state index in [-0.39, 0.29) is 5.41 Å². The maximum absolute atomic E-state index is 9.63. The molecule has 2 unspecified atom stereocenters. The highest BCUT2D eigenvalue weighted by molar-refractivity contribution is 9.10. The Kier molecular flexibility index (Phi) is 2.45. The molecule has 1 N–H and O–H groups in total. The van der Waals surface area contributed by atoms with Crippen LogP contribution in [0.3, 0.4) is 0 Å². The highest BCUT2D eigenvalue weighted by Gasteiger charge is 2.53. The fraction of sp³-hybridized carbons (Fsp3) is 0.667. The van der Waals surface area contributed by atoms with Crippen molar-refractivity contribution in [3.05, 3.63) is 20.8 Å². The fourth-order valence-electron chi connectivity index (χ4n) is 3.13. The molecule has 0 amide bonds. The van der Waals surface area contributed by atoms with E-state index in [2.05, 4.69) is 27.4 Å². The van der Waals surface area contributed by atoms with Crippen LogP contribution >= 0.6 is 27.3 Å². The van der Waals surface area contributed by atoms with Crippen molar-refractivity contribution in [3.63, 3.8) is 0 Å². The van der Waals surface area contributed by atoms with E-state index in [9.17, 15) is 5.11 Å². The molecular formula is C12H15BrOS. The SMILES string of the molecule is OCC1(Cc2sccc2Br)CC2CC2C1. The fourth-order valence-corrected chi connectivity index (χ4v) is 4.79. The van der Waals surface area contributed by atoms with E-state index in [1.165, 1.54) is 28.6 Å². The first kappa shape index (κ1) is 10.3. The molecule has 0 saturated heterocycles. The topological polar surface area (TPSA) is 20.2 Å². The molecule has 2 aliphatic rings. The predicted molar refractivity (Wildman–Crippen MR) is 66.1 cm³/mol. The quantitative estimate of drug-likeness (QED) is 0.902. The van der Waals surface area contributed by atoms with Crippen LogP contribution in [0.5, 0.6) is 0 Å². The average molecular weight is 287 g/mol. The van der Waals surface area contributed by atoms with Gasteiger partial charge >= 0.3 is 0 Å². The monoisotopic (exact) mass is 286 g/mol. The lowest BCUT2D eigenvalue weighted by Crippen LogP contribution is -2.26. The van der Waals surface area contributed by atoms with Gasteiger partial charge in [0.05, 0.1) is 0 Å². The number of hydrogen-bond acceptors (Lipinski definition) is 2. The Bertz CT molecular complexity index is 363. The summed E-state index contributed by atoms with van der Waals surface area (Å²) in [6, 6.07) is 2.11. The van der Waals surface area contributed by atoms with Crippen molar-refractivity contribution in [3.8, 4) is 0 Å². The molecule has 0 bridgehead atoms. The van der Waals surface area contributed by atoms with Gasteiger partial charge in [-0.3, -0.25) is 0 Å². The predicted octanol–water partition coefficient (Wildman–Crippen LogP) is 3.46. The van der Waals surface area contributed by atoms with Gasteiger partial charge in [-0.2, -0.15) is 0 Å². The van der Waals surface area contributed by atoms with E-state index in [1.54, 1.807) is 0 Å². The van der Waals surface area contributed by atoms with Crippen LogP contribution in [-0.2, 0) is 6.42 Å². The maximum atomic E-state index is 9.63. The van der Waals surface area contributed by atoms with Crippen molar-refractivity contribution < 1.29 is 5.11 Å². The van der Waals surface area contributed by atoms with E-state index in [4.69, 9.17) is 0 Å². The lowest BCUT2D eigenvalue weighted by molar-refractivity contribution is 0.118. The standard InChI is InChI=1S/C12H15BrOS/c13-10-1-2-15-11(10)6-12(7-14)4-8-3-9(8)5-12/h1-2,8-9,14H,3-7H2. The minimum atomic E-state index is 0.209. The van der Waals surface area contributed by atoms with Gasteiger partial charge in [0, 0.05) is 16.0 Å². The second-order valence-corrected chi connectivity index (χ2v) is 7.05. The molecule has 0 spiro atoms. The summed E-state index contributed by atoms with van der Waals surface area (Å²) in [4.78, 5) is 1.41. The Labute approximate surface area is 103 Å². The van der Waals surface area contributed by atoms with Crippen LogP contribution in [0.1, 0.15) is 24.1 Å². The van der Waals surface area contributed by atoms with Crippen LogP contribution < -0.4 is 0 Å². The molecule has 1 aromatic rings. The summed E-state index contributed by atoms with van der Waals surface area (Å²) in [5.74, 6) is 1.88. The van der Waals surface area contributed by atoms with Gasteiger partial charge < -0.3 is 5.11 Å². The van der Waals surface area contributed by atoms with Gasteiger partial charge in [0.15, 0.2) is 0 Å². The van der Waals surface area contributed by atoms with Crippen LogP contribution in [0.25, 0.3) is 0 Å². The van der Waals surface area contributed by atoms with E-state index in [0.717, 1.165) is 18.3 Å². The minimum absolute atomic E-state index is 0.209. The van der Waals surface area contributed by atoms with Crippen LogP contribution in [-0.4, -0.2) is 11.7 Å². The van der Waals surface area contributed by atoms with Crippen molar-refractivity contribution in [2.75, 3.05) is 6.61 Å². The number of aliphatic hydroxyl groups excluding tert-OH is 1. The Morgan fingerprint density at radius 3 is 2.73 bits per heavy atom. The molecule has 3 heteroatoms. The molecule has 2 aliphatic carbocycles. The van der Waals surface area contributed by atoms with Gasteiger partial charge in [0.25, 0.3) is 0 Å². The third-order valence-electron chi connectivity index (χ3n) is 4.02. The summed E-state index contributed by atoms with van der Waals surface area (Å²) in [5.41, 5.74) is 0.209. The van der Waals surface area contributed by atoms with E-state index in [0.29, 0.717) is 6.61 Å². The first-order chi connectivity index (χ1) is 7.22. The van der Waals surface area contributed by atoms with Crippen molar-refractivity contribution in [1.29, 1.82) is 0 Å². The van der Waals surface area contributed by atoms with Crippen LogP contribution in [0.4, 0.5) is 0 Å². The highest BCUT2D eigenvalue weighted by Crippen LogP contribution is 2.61. The Morgan fingerprint density at radius 1 is 1.47 bits per heavy atom. The maximum Gasteiger partial charge on any atom is 0.0491 e. The number of hydrogen-bond donors (Lipinski definition) is 1. The molecule has 1 aromatic heterocycles. The van der Waals surface area contributed by atoms with E-state index in [1.807, 2.05) is 11.3 Å². The first-order valence-corrected chi connectivity index (χ1v) is 7.22. The zero-order valence-corrected chi connectivity index (χ0v) is 11.0. The van der Waals surface area contributed by atoms with Gasteiger partial charge in [0.1, 0.15) is 0 Å². The first-order valence-electron chi connectivity index (χ1n) is 5.55. The largest absolute Gasteiger partial charge is 0.396 e. The third-order valence-corrected chi connectivity index (χ3v) is 5.95. The van der Waals surface area contributed by atoms with Crippen molar-refractivity contribution in [2.45, 2.75) is 25.7 Å². The second-order valence-electron chi connectivity index (χ2n) is 5.19. The molecule has 2 atom stereocenters. The molecule has 0 radical (unpaired) electrons. The molecule has 3 rings (SSSR count). The van der Waals surface area contributed by atoms with Gasteiger partial charge in [0.2, 0.25) is 0 Å². The Hall–Kier alpha value is 0.140. The zero-order chi connectivity index (χ0) is 10.5. The van der Waals surface area contributed by atoms with Crippen LogP contribution in [0, 0.1) is 17.3 Å². The van der Waals surface area contributed by atoms with E-state index < -0.39 is 0 Å². The summed E-state index contributed by atoms with van der Waals surface area (Å²) < 4.78 is 1.22. The highest BCUT2D eigenvalue weighted by atomic mass is 79.9. The summed E-state index contributed by atoms with van der Waals surface area (Å²) in [5, 5.41) is 11.8. The minimum Gasteiger partial charge on any atom is -0.396 e. The number of aliphatic hydroxyl groups is 1. The number of halogens is 1. The Morgan fingerprint density at radius 2 is 2.20 bits per heavy atom. The molecule has 1 heterocycles. The number of thiophene rings is 1. The van der Waals surface area contributed by atoms with Crippen LogP contribution in [0.15, 0.2) is 15.9 Å². The summed E-state index contributed by atoms with van der Waals surface area (Å²) in [7, 11) is 0. The molecule has 82 valence electrons. The van der Waals surface area contributed by atoms with Gasteiger partial charge in [-0.15, -0.1) is 11.3 Å². The second kappa shape index (κ2) is 3.57. The lowest BCUT2D eigenvalue weighted by Gasteiger charge is -2.28. The molecule has 2 saturated carbocycles.